The molecule has 0 saturated carbocycles. The number of hydrogen-bond acceptors (Lipinski definition) is 6. The van der Waals surface area contributed by atoms with Gasteiger partial charge in [-0.1, -0.05) is 25.7 Å². The molecular formula is C20H31F19N2O6S2. The average Bonchev–Trinajstić information content (AvgIpc) is 2.82. The van der Waals surface area contributed by atoms with E-state index in [0.717, 1.165) is 0 Å². The minimum absolute atomic E-state index is 0. The van der Waals surface area contributed by atoms with Gasteiger partial charge in [-0.3, -0.25) is 9.11 Å². The van der Waals surface area contributed by atoms with Gasteiger partial charge < -0.3 is 12.3 Å². The molecule has 0 amide bonds. The van der Waals surface area contributed by atoms with Crippen LogP contribution in [0.25, 0.3) is 0 Å². The van der Waals surface area contributed by atoms with Gasteiger partial charge in [-0.05, 0) is 25.7 Å². The van der Waals surface area contributed by atoms with Crippen LogP contribution in [0.5, 0.6) is 0 Å². The highest BCUT2D eigenvalue weighted by Crippen LogP contribution is 2.52. The summed E-state index contributed by atoms with van der Waals surface area (Å²) in [5.74, 6) is -24.8. The first-order chi connectivity index (χ1) is 20.3. The van der Waals surface area contributed by atoms with Crippen molar-refractivity contribution in [2.75, 3.05) is 0 Å². The Hall–Kier alpha value is -1.59. The molecule has 29 heteroatoms. The Morgan fingerprint density at radius 2 is 0.735 bits per heavy atom. The molecule has 8 N–H and O–H groups in total. The van der Waals surface area contributed by atoms with Gasteiger partial charge in [-0.25, -0.2) is 4.39 Å². The van der Waals surface area contributed by atoms with Crippen molar-refractivity contribution in [3.05, 3.63) is 0 Å². The highest BCUT2D eigenvalue weighted by atomic mass is 32.2. The summed E-state index contributed by atoms with van der Waals surface area (Å²) in [5, 5.41) is -13.1. The fraction of sp³-hybridized carbons (Fsp3) is 1.00. The van der Waals surface area contributed by atoms with Crippen LogP contribution in [0.1, 0.15) is 70.6 Å². The molecule has 0 aromatic rings. The molecule has 0 heterocycles. The third kappa shape index (κ3) is 14.9. The Labute approximate surface area is 265 Å². The summed E-state index contributed by atoms with van der Waals surface area (Å²) in [6.45, 7) is 0. The Morgan fingerprint density at radius 1 is 0.449 bits per heavy atom. The van der Waals surface area contributed by atoms with Crippen LogP contribution >= 0.6 is 0 Å². The molecule has 0 aliphatic carbocycles. The second-order valence-electron chi connectivity index (χ2n) is 9.67. The lowest BCUT2D eigenvalue weighted by Crippen LogP contribution is -2.61. The maximum atomic E-state index is 13.2. The SMILES string of the molecule is N.N.O=S(=O)(O)C(F)(F)C(F)(F)C(F)(F)C(F)CCCCCC(F)(F)F.O=S(=O)(O)C(F)(F)C(F)(F)C(F)(F)CCCCCCC(F)(F)F. The molecule has 0 aromatic heterocycles. The van der Waals surface area contributed by atoms with Gasteiger partial charge in [0.2, 0.25) is 0 Å². The Bertz CT molecular complexity index is 1190. The number of unbranched alkanes of at least 4 members (excludes halogenated alkanes) is 5. The zero-order valence-electron chi connectivity index (χ0n) is 24.3. The van der Waals surface area contributed by atoms with Crippen LogP contribution in [0.15, 0.2) is 0 Å². The summed E-state index contributed by atoms with van der Waals surface area (Å²) in [4.78, 5) is 0. The molecule has 0 rings (SSSR count). The van der Waals surface area contributed by atoms with Crippen molar-refractivity contribution in [3.8, 4) is 0 Å². The fourth-order valence-corrected chi connectivity index (χ4v) is 4.05. The normalized spacial score (nSPS) is 15.0. The monoisotopic (exact) mass is 820 g/mol. The van der Waals surface area contributed by atoms with Gasteiger partial charge in [0.15, 0.2) is 6.17 Å². The molecule has 0 bridgehead atoms. The van der Waals surface area contributed by atoms with E-state index in [1.54, 1.807) is 0 Å². The molecule has 0 saturated heterocycles. The summed E-state index contributed by atoms with van der Waals surface area (Å²) >= 11 is 0. The van der Waals surface area contributed by atoms with Crippen LogP contribution in [-0.2, 0) is 20.2 Å². The summed E-state index contributed by atoms with van der Waals surface area (Å²) in [7, 11) is -13.8. The van der Waals surface area contributed by atoms with E-state index in [0.29, 0.717) is 0 Å². The second kappa shape index (κ2) is 18.3. The molecule has 1 atom stereocenters. The van der Waals surface area contributed by atoms with Crippen molar-refractivity contribution in [2.24, 2.45) is 0 Å². The summed E-state index contributed by atoms with van der Waals surface area (Å²) in [6, 6.07) is 0. The lowest BCUT2D eigenvalue weighted by atomic mass is 10.0. The minimum Gasteiger partial charge on any atom is -0.344 e. The molecule has 0 aliphatic rings. The third-order valence-electron chi connectivity index (χ3n) is 5.77. The van der Waals surface area contributed by atoms with Crippen molar-refractivity contribution in [3.63, 3.8) is 0 Å². The number of hydrogen-bond donors (Lipinski definition) is 4. The Balaban J connectivity index is -0.000000397. The smallest absolute Gasteiger partial charge is 0.344 e. The van der Waals surface area contributed by atoms with Crippen molar-refractivity contribution < 1.29 is 109 Å². The molecule has 1 unspecified atom stereocenters. The number of halogens is 19. The van der Waals surface area contributed by atoms with Gasteiger partial charge >= 0.3 is 66.8 Å². The van der Waals surface area contributed by atoms with Gasteiger partial charge in [0, 0.05) is 19.3 Å². The van der Waals surface area contributed by atoms with Gasteiger partial charge in [0.25, 0.3) is 0 Å². The molecule has 0 aromatic carbocycles. The maximum Gasteiger partial charge on any atom is 0.438 e. The summed E-state index contributed by atoms with van der Waals surface area (Å²) < 4.78 is 296. The topological polar surface area (TPSA) is 179 Å². The van der Waals surface area contributed by atoms with Gasteiger partial charge in [0.05, 0.1) is 0 Å². The predicted octanol–water partition coefficient (Wildman–Crippen LogP) is 9.55. The molecular weight excluding hydrogens is 789 g/mol. The highest BCUT2D eigenvalue weighted by Gasteiger charge is 2.79. The van der Waals surface area contributed by atoms with Crippen molar-refractivity contribution in [1.29, 1.82) is 0 Å². The zero-order chi connectivity index (χ0) is 38.4. The molecule has 0 spiro atoms. The summed E-state index contributed by atoms with van der Waals surface area (Å²) in [6.07, 6.45) is -22.7. The van der Waals surface area contributed by atoms with Crippen molar-refractivity contribution >= 4 is 20.2 Å². The summed E-state index contributed by atoms with van der Waals surface area (Å²) in [5.41, 5.74) is 0. The average molecular weight is 821 g/mol. The molecule has 0 aliphatic heterocycles. The molecule has 0 fully saturated rings. The largest absolute Gasteiger partial charge is 0.438 e. The van der Waals surface area contributed by atoms with Crippen molar-refractivity contribution in [2.45, 2.75) is 123 Å². The third-order valence-corrected chi connectivity index (χ3v) is 7.58. The van der Waals surface area contributed by atoms with E-state index in [-0.39, 0.29) is 25.1 Å². The van der Waals surface area contributed by atoms with Crippen LogP contribution in [0.2, 0.25) is 0 Å². The van der Waals surface area contributed by atoms with E-state index in [9.17, 15) is 100 Å². The lowest BCUT2D eigenvalue weighted by molar-refractivity contribution is -0.300. The molecule has 8 nitrogen and oxygen atoms in total. The number of alkyl halides is 19. The molecule has 0 radical (unpaired) electrons. The molecule has 302 valence electrons. The lowest BCUT2D eigenvalue weighted by Gasteiger charge is -2.32. The quantitative estimate of drug-likeness (QED) is 0.0600. The van der Waals surface area contributed by atoms with E-state index < -0.39 is 131 Å². The highest BCUT2D eigenvalue weighted by molar-refractivity contribution is 7.87. The van der Waals surface area contributed by atoms with Gasteiger partial charge in [0.1, 0.15) is 0 Å². The maximum absolute atomic E-state index is 13.2. The zero-order valence-corrected chi connectivity index (χ0v) is 25.9. The van der Waals surface area contributed by atoms with E-state index >= 15 is 0 Å². The van der Waals surface area contributed by atoms with Crippen LogP contribution in [0, 0.1) is 0 Å². The van der Waals surface area contributed by atoms with E-state index in [1.807, 2.05) is 0 Å². The predicted molar refractivity (Wildman–Crippen MR) is 131 cm³/mol. The standard InChI is InChI=1S/C10H12F10O3S.C10H13F9O3S.2H3N/c11-6(4-2-1-3-5-7(12,13)14)8(15,16)9(17,18)10(19,20)24(21,22)23;11-7(12,5-3-1-2-4-6-8(13,14)15)9(16,17)10(18,19)23(20,21)22;;/h6H,1-5H2,(H,21,22,23);1-6H2,(H,20,21,22);2*1H3. The van der Waals surface area contributed by atoms with Crippen LogP contribution in [-0.4, -0.2) is 78.7 Å². The van der Waals surface area contributed by atoms with Gasteiger partial charge in [-0.15, -0.1) is 0 Å². The molecule has 49 heavy (non-hydrogen) atoms. The first kappa shape index (κ1) is 54.2. The van der Waals surface area contributed by atoms with E-state index in [1.165, 1.54) is 0 Å². The number of rotatable bonds is 18. The van der Waals surface area contributed by atoms with E-state index in [2.05, 4.69) is 0 Å². The van der Waals surface area contributed by atoms with Gasteiger partial charge in [-0.2, -0.15) is 95.9 Å². The fourth-order valence-electron chi connectivity index (χ4n) is 3.12. The Morgan fingerprint density at radius 3 is 1.04 bits per heavy atom. The van der Waals surface area contributed by atoms with Crippen LogP contribution < -0.4 is 12.3 Å². The first-order valence-electron chi connectivity index (χ1n) is 12.3. The minimum atomic E-state index is -6.98. The van der Waals surface area contributed by atoms with E-state index in [4.69, 9.17) is 9.11 Å². The van der Waals surface area contributed by atoms with Crippen LogP contribution in [0.3, 0.4) is 0 Å². The van der Waals surface area contributed by atoms with Crippen molar-refractivity contribution in [1.82, 2.24) is 12.3 Å². The van der Waals surface area contributed by atoms with Crippen LogP contribution in [0.4, 0.5) is 83.4 Å². The second-order valence-corrected chi connectivity index (χ2v) is 12.6. The Kier molecular flexibility index (Phi) is 20.2. The first-order valence-corrected chi connectivity index (χ1v) is 15.2.